The lowest BCUT2D eigenvalue weighted by atomic mass is 10.0. The predicted octanol–water partition coefficient (Wildman–Crippen LogP) is 3.24. The minimum atomic E-state index is 0.292. The van der Waals surface area contributed by atoms with Gasteiger partial charge in [-0.15, -0.1) is 0 Å². The summed E-state index contributed by atoms with van der Waals surface area (Å²) in [6.07, 6.45) is 8.77. The van der Waals surface area contributed by atoms with Gasteiger partial charge >= 0.3 is 0 Å². The van der Waals surface area contributed by atoms with Crippen LogP contribution in [0.5, 0.6) is 0 Å². The monoisotopic (exact) mass is 455 g/mol. The van der Waals surface area contributed by atoms with Gasteiger partial charge in [-0.25, -0.2) is 0 Å². The van der Waals surface area contributed by atoms with Gasteiger partial charge in [0.1, 0.15) is 6.17 Å². The van der Waals surface area contributed by atoms with E-state index in [-0.39, 0.29) is 0 Å². The third kappa shape index (κ3) is 5.96. The summed E-state index contributed by atoms with van der Waals surface area (Å²) in [5.41, 5.74) is 2.54. The average Bonchev–Trinajstić information content (AvgIpc) is 3.21. The maximum absolute atomic E-state index is 5.65. The fraction of sp³-hybridized carbons (Fsp3) is 0.692. The number of nitrogens with one attached hydrogen (secondary N) is 1. The molecule has 2 unspecified atom stereocenters. The summed E-state index contributed by atoms with van der Waals surface area (Å²) < 4.78 is 0. The van der Waals surface area contributed by atoms with Crippen LogP contribution in [0, 0.1) is 0 Å². The Morgan fingerprint density at radius 3 is 2.69 bits per heavy atom. The minimum Gasteiger partial charge on any atom is -0.350 e. The Kier molecular flexibility index (Phi) is 8.32. The van der Waals surface area contributed by atoms with Crippen LogP contribution >= 0.6 is 12.2 Å². The maximum Gasteiger partial charge on any atom is 0.106 e. The second-order valence-corrected chi connectivity index (χ2v) is 10.4. The molecule has 2 fully saturated rings. The molecule has 1 aromatic rings. The molecule has 0 aliphatic carbocycles. The van der Waals surface area contributed by atoms with Crippen molar-refractivity contribution in [1.29, 1.82) is 0 Å². The first-order valence-electron chi connectivity index (χ1n) is 12.7. The Morgan fingerprint density at radius 1 is 1.16 bits per heavy atom. The molecule has 176 valence electrons. The van der Waals surface area contributed by atoms with E-state index in [0.29, 0.717) is 6.17 Å². The summed E-state index contributed by atoms with van der Waals surface area (Å²) >= 11 is 5.65. The summed E-state index contributed by atoms with van der Waals surface area (Å²) in [6, 6.07) is 7.36. The van der Waals surface area contributed by atoms with Crippen LogP contribution in [0.3, 0.4) is 0 Å². The smallest absolute Gasteiger partial charge is 0.106 e. The average molecular weight is 456 g/mol. The van der Waals surface area contributed by atoms with E-state index in [4.69, 9.17) is 17.2 Å². The Labute approximate surface area is 199 Å². The first-order chi connectivity index (χ1) is 15.5. The number of hydrogen-bond acceptors (Lipinski definition) is 5. The number of fused-ring (bicyclic) bond motifs is 1. The van der Waals surface area contributed by atoms with E-state index in [1.165, 1.54) is 49.4 Å². The first kappa shape index (κ1) is 23.8. The van der Waals surface area contributed by atoms with Crippen molar-refractivity contribution < 1.29 is 0 Å². The SMILES string of the molecule is CCN1CCN(C2CC(C)=c3cc(NC(=S)CCCCC4CCCN4C)ccc3=N2)CC1. The highest BCUT2D eigenvalue weighted by molar-refractivity contribution is 7.80. The molecular weight excluding hydrogens is 414 g/mol. The molecule has 3 aliphatic rings. The van der Waals surface area contributed by atoms with E-state index in [2.05, 4.69) is 59.1 Å². The molecule has 0 saturated carbocycles. The quantitative estimate of drug-likeness (QED) is 0.481. The Bertz CT molecular complexity index is 905. The largest absolute Gasteiger partial charge is 0.350 e. The number of likely N-dealkylation sites (tertiary alicyclic amines) is 1. The lowest BCUT2D eigenvalue weighted by Crippen LogP contribution is -2.51. The first-order valence-corrected chi connectivity index (χ1v) is 13.1. The third-order valence-electron chi connectivity index (χ3n) is 7.66. The van der Waals surface area contributed by atoms with Crippen molar-refractivity contribution in [3.05, 3.63) is 28.8 Å². The predicted molar refractivity (Wildman–Crippen MR) is 139 cm³/mol. The maximum atomic E-state index is 5.65. The van der Waals surface area contributed by atoms with Crippen LogP contribution in [0.25, 0.3) is 5.57 Å². The highest BCUT2D eigenvalue weighted by Gasteiger charge is 2.24. The number of unbranched alkanes of at least 4 members (excludes halogenated alkanes) is 1. The molecule has 0 radical (unpaired) electrons. The van der Waals surface area contributed by atoms with Gasteiger partial charge in [-0.1, -0.05) is 31.1 Å². The number of hydrogen-bond donors (Lipinski definition) is 1. The molecule has 0 aromatic heterocycles. The molecule has 32 heavy (non-hydrogen) atoms. The van der Waals surface area contributed by atoms with Crippen molar-refractivity contribution in [2.75, 3.05) is 51.6 Å². The highest BCUT2D eigenvalue weighted by atomic mass is 32.1. The molecule has 0 spiro atoms. The Balaban J connectivity index is 1.30. The lowest BCUT2D eigenvalue weighted by molar-refractivity contribution is 0.102. The molecule has 3 heterocycles. The summed E-state index contributed by atoms with van der Waals surface area (Å²) in [5.74, 6) is 0. The fourth-order valence-corrected chi connectivity index (χ4v) is 5.74. The van der Waals surface area contributed by atoms with Crippen LogP contribution in [0.4, 0.5) is 5.69 Å². The molecule has 5 nitrogen and oxygen atoms in total. The molecule has 3 aliphatic heterocycles. The van der Waals surface area contributed by atoms with E-state index in [0.717, 1.165) is 67.6 Å². The Hall–Kier alpha value is -1.34. The molecule has 2 atom stereocenters. The second-order valence-electron chi connectivity index (χ2n) is 9.87. The van der Waals surface area contributed by atoms with E-state index < -0.39 is 0 Å². The molecular formula is C26H41N5S. The van der Waals surface area contributed by atoms with E-state index >= 15 is 0 Å². The molecule has 0 bridgehead atoms. The van der Waals surface area contributed by atoms with Crippen LogP contribution < -0.4 is 15.9 Å². The number of piperazine rings is 1. The van der Waals surface area contributed by atoms with E-state index in [1.54, 1.807) is 0 Å². The zero-order valence-corrected chi connectivity index (χ0v) is 21.1. The molecule has 0 amide bonds. The zero-order valence-electron chi connectivity index (χ0n) is 20.3. The van der Waals surface area contributed by atoms with Crippen LogP contribution in [0.2, 0.25) is 0 Å². The molecule has 4 rings (SSSR count). The third-order valence-corrected chi connectivity index (χ3v) is 7.96. The standard InChI is InChI=1S/C26H41N5S/c1-4-30-14-16-31(17-15-30)25-18-20(2)23-19-21(11-12-24(23)28-25)27-26(32)10-6-5-8-22-9-7-13-29(22)3/h11-12,19,22,25H,4-10,13-18H2,1-3H3,(H,27,32). The highest BCUT2D eigenvalue weighted by Crippen LogP contribution is 2.21. The van der Waals surface area contributed by atoms with Crippen LogP contribution in [-0.2, 0) is 0 Å². The fourth-order valence-electron chi connectivity index (χ4n) is 5.48. The van der Waals surface area contributed by atoms with E-state index in [9.17, 15) is 0 Å². The van der Waals surface area contributed by atoms with Gasteiger partial charge in [-0.3, -0.25) is 9.89 Å². The molecule has 2 saturated heterocycles. The van der Waals surface area contributed by atoms with Crippen molar-refractivity contribution in [2.24, 2.45) is 4.99 Å². The molecule has 1 aromatic carbocycles. The number of anilines is 1. The summed E-state index contributed by atoms with van der Waals surface area (Å²) in [7, 11) is 2.26. The van der Waals surface area contributed by atoms with Crippen molar-refractivity contribution in [1.82, 2.24) is 14.7 Å². The Morgan fingerprint density at radius 2 is 1.97 bits per heavy atom. The van der Waals surface area contributed by atoms with E-state index in [1.807, 2.05) is 0 Å². The van der Waals surface area contributed by atoms with Gasteiger partial charge in [0.05, 0.1) is 10.3 Å². The molecule has 6 heteroatoms. The van der Waals surface area contributed by atoms with Gasteiger partial charge in [0.15, 0.2) is 0 Å². The normalized spacial score (nSPS) is 24.9. The zero-order chi connectivity index (χ0) is 22.5. The topological polar surface area (TPSA) is 34.1 Å². The van der Waals surface area contributed by atoms with Crippen molar-refractivity contribution >= 4 is 28.5 Å². The van der Waals surface area contributed by atoms with Crippen molar-refractivity contribution in [2.45, 2.75) is 71.0 Å². The van der Waals surface area contributed by atoms with Crippen LogP contribution in [-0.4, -0.2) is 78.2 Å². The van der Waals surface area contributed by atoms with Gasteiger partial charge in [0.2, 0.25) is 0 Å². The minimum absolute atomic E-state index is 0.292. The molecule has 1 N–H and O–H groups in total. The van der Waals surface area contributed by atoms with Gasteiger partial charge in [-0.05, 0) is 77.4 Å². The number of nitrogens with zero attached hydrogens (tertiary/aromatic N) is 4. The summed E-state index contributed by atoms with van der Waals surface area (Å²) in [5, 5.41) is 5.90. The van der Waals surface area contributed by atoms with Gasteiger partial charge in [-0.2, -0.15) is 0 Å². The number of rotatable bonds is 8. The van der Waals surface area contributed by atoms with Crippen LogP contribution in [0.1, 0.15) is 58.8 Å². The number of thiocarbonyl (C=S) groups is 1. The van der Waals surface area contributed by atoms with Crippen molar-refractivity contribution in [3.63, 3.8) is 0 Å². The number of benzene rings is 1. The van der Waals surface area contributed by atoms with Crippen molar-refractivity contribution in [3.8, 4) is 0 Å². The summed E-state index contributed by atoms with van der Waals surface area (Å²) in [6.45, 7) is 11.5. The summed E-state index contributed by atoms with van der Waals surface area (Å²) in [4.78, 5) is 13.7. The van der Waals surface area contributed by atoms with Gasteiger partial charge in [0.25, 0.3) is 0 Å². The lowest BCUT2D eigenvalue weighted by Gasteiger charge is -2.38. The second kappa shape index (κ2) is 11.2. The van der Waals surface area contributed by atoms with Gasteiger partial charge < -0.3 is 15.1 Å². The number of likely N-dealkylation sites (N-methyl/N-ethyl adjacent to an activating group) is 1. The van der Waals surface area contributed by atoms with Gasteiger partial charge in [0, 0.05) is 49.5 Å². The van der Waals surface area contributed by atoms with Crippen LogP contribution in [0.15, 0.2) is 23.2 Å².